The molecule has 2 aromatic rings. The first kappa shape index (κ1) is 13.0. The fraction of sp³-hybridized carbons (Fsp3) is 0.100. The topological polar surface area (TPSA) is 130 Å². The molecule has 1 heterocycles. The summed E-state index contributed by atoms with van der Waals surface area (Å²) < 4.78 is 0. The molecular weight excluding hydrogens is 268 g/mol. The summed E-state index contributed by atoms with van der Waals surface area (Å²) in [6.45, 7) is 0. The molecule has 0 fully saturated rings. The fourth-order valence-corrected chi connectivity index (χ4v) is 1.93. The van der Waals surface area contributed by atoms with Crippen molar-refractivity contribution in [2.45, 2.75) is 10.4 Å². The van der Waals surface area contributed by atoms with Gasteiger partial charge in [0.1, 0.15) is 0 Å². The summed E-state index contributed by atoms with van der Waals surface area (Å²) in [5.74, 6) is -1.68. The molecule has 0 spiro atoms. The number of tetrazole rings is 1. The van der Waals surface area contributed by atoms with Crippen LogP contribution in [0.15, 0.2) is 35.5 Å². The molecule has 9 heteroatoms. The average Bonchev–Trinajstić information content (AvgIpc) is 2.85. The number of amides is 2. The molecule has 4 N–H and O–H groups in total. The molecule has 0 radical (unpaired) electrons. The second kappa shape index (κ2) is 5.48. The zero-order valence-corrected chi connectivity index (χ0v) is 10.4. The van der Waals surface area contributed by atoms with Crippen molar-refractivity contribution in [3.8, 4) is 5.69 Å². The minimum atomic E-state index is -1.21. The van der Waals surface area contributed by atoms with Crippen molar-refractivity contribution >= 4 is 23.6 Å². The van der Waals surface area contributed by atoms with Crippen molar-refractivity contribution in [1.29, 1.82) is 0 Å². The van der Waals surface area contributed by atoms with E-state index in [0.717, 1.165) is 11.8 Å². The molecule has 0 saturated carbocycles. The third-order valence-electron chi connectivity index (χ3n) is 2.12. The number of primary amides is 2. The van der Waals surface area contributed by atoms with Gasteiger partial charge in [0.2, 0.25) is 17.0 Å². The quantitative estimate of drug-likeness (QED) is 0.538. The number of para-hydroxylation sites is 1. The molecule has 0 aliphatic heterocycles. The summed E-state index contributed by atoms with van der Waals surface area (Å²) in [6.07, 6.45) is 0. The lowest BCUT2D eigenvalue weighted by Crippen LogP contribution is -2.37. The Morgan fingerprint density at radius 3 is 2.37 bits per heavy atom. The number of aromatic nitrogens is 4. The molecule has 1 aromatic carbocycles. The van der Waals surface area contributed by atoms with E-state index in [4.69, 9.17) is 11.5 Å². The molecule has 0 saturated heterocycles. The van der Waals surface area contributed by atoms with Crippen LogP contribution in [0.2, 0.25) is 0 Å². The van der Waals surface area contributed by atoms with E-state index in [9.17, 15) is 9.59 Å². The number of hydrogen-bond donors (Lipinski definition) is 2. The molecular formula is C10H10N6O2S. The molecule has 0 aliphatic rings. The molecule has 0 aliphatic carbocycles. The third kappa shape index (κ3) is 3.07. The van der Waals surface area contributed by atoms with Crippen LogP contribution in [0.1, 0.15) is 0 Å². The van der Waals surface area contributed by atoms with Gasteiger partial charge in [-0.1, -0.05) is 30.0 Å². The Hall–Kier alpha value is -2.42. The van der Waals surface area contributed by atoms with Crippen LogP contribution in [-0.4, -0.2) is 37.3 Å². The number of thioether (sulfide) groups is 1. The summed E-state index contributed by atoms with van der Waals surface area (Å²) in [5, 5.41) is 10.5. The highest BCUT2D eigenvalue weighted by molar-refractivity contribution is 8.01. The van der Waals surface area contributed by atoms with E-state index in [2.05, 4.69) is 15.4 Å². The van der Waals surface area contributed by atoms with Crippen LogP contribution in [0.3, 0.4) is 0 Å². The van der Waals surface area contributed by atoms with Crippen LogP contribution in [-0.2, 0) is 9.59 Å². The first-order chi connectivity index (χ1) is 9.08. The van der Waals surface area contributed by atoms with Crippen LogP contribution >= 0.6 is 11.8 Å². The molecule has 0 bridgehead atoms. The van der Waals surface area contributed by atoms with E-state index >= 15 is 0 Å². The predicted octanol–water partition coefficient (Wildman–Crippen LogP) is -0.906. The lowest BCUT2D eigenvalue weighted by atomic mass is 10.3. The number of nitrogens with two attached hydrogens (primary N) is 2. The van der Waals surface area contributed by atoms with E-state index < -0.39 is 17.1 Å². The van der Waals surface area contributed by atoms with Gasteiger partial charge >= 0.3 is 0 Å². The smallest absolute Gasteiger partial charge is 0.240 e. The van der Waals surface area contributed by atoms with Gasteiger partial charge in [-0.3, -0.25) is 9.59 Å². The molecule has 2 amide bonds. The Morgan fingerprint density at radius 2 is 1.79 bits per heavy atom. The minimum absolute atomic E-state index is 0.145. The maximum Gasteiger partial charge on any atom is 0.240 e. The summed E-state index contributed by atoms with van der Waals surface area (Å²) in [4.78, 5) is 23.4. The molecule has 98 valence electrons. The zero-order valence-electron chi connectivity index (χ0n) is 9.63. The zero-order chi connectivity index (χ0) is 13.8. The lowest BCUT2D eigenvalue weighted by molar-refractivity contribution is -0.125. The summed E-state index contributed by atoms with van der Waals surface area (Å²) in [5.41, 5.74) is 10.8. The maximum absolute atomic E-state index is 11.0. The van der Waals surface area contributed by atoms with Crippen LogP contribution in [0.25, 0.3) is 5.69 Å². The Labute approximate surface area is 112 Å². The largest absolute Gasteiger partial charge is 0.368 e. The van der Waals surface area contributed by atoms with Gasteiger partial charge in [0, 0.05) is 0 Å². The second-order valence-electron chi connectivity index (χ2n) is 3.50. The Morgan fingerprint density at radius 1 is 1.16 bits per heavy atom. The summed E-state index contributed by atoms with van der Waals surface area (Å²) in [7, 11) is 0. The number of hydrogen-bond acceptors (Lipinski definition) is 6. The Kier molecular flexibility index (Phi) is 3.76. The lowest BCUT2D eigenvalue weighted by Gasteiger charge is -2.04. The van der Waals surface area contributed by atoms with Gasteiger partial charge in [0.05, 0.1) is 5.69 Å². The summed E-state index contributed by atoms with van der Waals surface area (Å²) in [6, 6.07) is 9.07. The number of carbonyl (C=O) groups excluding carboxylic acids is 2. The minimum Gasteiger partial charge on any atom is -0.368 e. The average molecular weight is 278 g/mol. The van der Waals surface area contributed by atoms with E-state index in [-0.39, 0.29) is 5.16 Å². The second-order valence-corrected chi connectivity index (χ2v) is 4.57. The van der Waals surface area contributed by atoms with Crippen molar-refractivity contribution in [1.82, 2.24) is 20.2 Å². The Balaban J connectivity index is 2.18. The number of nitrogens with zero attached hydrogens (tertiary/aromatic N) is 4. The van der Waals surface area contributed by atoms with E-state index in [1.807, 2.05) is 18.2 Å². The van der Waals surface area contributed by atoms with Gasteiger partial charge in [0.25, 0.3) is 0 Å². The van der Waals surface area contributed by atoms with Gasteiger partial charge in [-0.25, -0.2) is 0 Å². The predicted molar refractivity (Wildman–Crippen MR) is 67.2 cm³/mol. The van der Waals surface area contributed by atoms with Gasteiger partial charge in [-0.05, 0) is 17.3 Å². The van der Waals surface area contributed by atoms with Gasteiger partial charge < -0.3 is 11.5 Å². The van der Waals surface area contributed by atoms with Gasteiger partial charge in [-0.2, -0.15) is 0 Å². The fourth-order valence-electron chi connectivity index (χ4n) is 1.28. The van der Waals surface area contributed by atoms with Crippen molar-refractivity contribution in [2.75, 3.05) is 0 Å². The van der Waals surface area contributed by atoms with Crippen LogP contribution < -0.4 is 11.5 Å². The van der Waals surface area contributed by atoms with Crippen molar-refractivity contribution < 1.29 is 9.59 Å². The Bertz CT molecular complexity index is 585. The maximum atomic E-state index is 11.0. The van der Waals surface area contributed by atoms with E-state index in [0.29, 0.717) is 5.69 Å². The normalized spacial score (nSPS) is 10.6. The molecule has 8 nitrogen and oxygen atoms in total. The highest BCUT2D eigenvalue weighted by Gasteiger charge is 2.25. The van der Waals surface area contributed by atoms with Crippen molar-refractivity contribution in [3.63, 3.8) is 0 Å². The summed E-state index contributed by atoms with van der Waals surface area (Å²) >= 11 is 0.766. The van der Waals surface area contributed by atoms with Crippen LogP contribution in [0, 0.1) is 0 Å². The standard InChI is InChI=1S/C10H10N6O2S/c11-8(17)7(9(12)18)19-10-13-15-16(14-10)6-4-2-1-3-5-6/h1-5,7H,(H2,11,17)(H2,12,18). The van der Waals surface area contributed by atoms with Crippen LogP contribution in [0.4, 0.5) is 0 Å². The highest BCUT2D eigenvalue weighted by atomic mass is 32.2. The number of carbonyl (C=O) groups is 2. The molecule has 2 rings (SSSR count). The van der Waals surface area contributed by atoms with Gasteiger partial charge in [-0.15, -0.1) is 15.0 Å². The highest BCUT2D eigenvalue weighted by Crippen LogP contribution is 2.18. The van der Waals surface area contributed by atoms with E-state index in [1.54, 1.807) is 12.1 Å². The molecule has 19 heavy (non-hydrogen) atoms. The molecule has 0 atom stereocenters. The van der Waals surface area contributed by atoms with Crippen molar-refractivity contribution in [2.24, 2.45) is 11.5 Å². The molecule has 1 aromatic heterocycles. The first-order valence-electron chi connectivity index (χ1n) is 5.18. The number of benzene rings is 1. The van der Waals surface area contributed by atoms with Crippen LogP contribution in [0.5, 0.6) is 0 Å². The first-order valence-corrected chi connectivity index (χ1v) is 6.06. The van der Waals surface area contributed by atoms with Crippen molar-refractivity contribution in [3.05, 3.63) is 30.3 Å². The SMILES string of the molecule is NC(=O)C(Sc1nnn(-c2ccccc2)n1)C(N)=O. The number of rotatable bonds is 5. The molecule has 0 unspecified atom stereocenters. The monoisotopic (exact) mass is 278 g/mol. The van der Waals surface area contributed by atoms with E-state index in [1.165, 1.54) is 4.80 Å². The van der Waals surface area contributed by atoms with Gasteiger partial charge in [0.15, 0.2) is 5.25 Å². The third-order valence-corrected chi connectivity index (χ3v) is 3.20.